The van der Waals surface area contributed by atoms with Crippen LogP contribution in [-0.2, 0) is 9.53 Å². The third kappa shape index (κ3) is 5.43. The van der Waals surface area contributed by atoms with Crippen LogP contribution in [0.25, 0.3) is 0 Å². The summed E-state index contributed by atoms with van der Waals surface area (Å²) < 4.78 is 5.75. The van der Waals surface area contributed by atoms with Crippen LogP contribution in [-0.4, -0.2) is 49.7 Å². The Bertz CT molecular complexity index is 797. The van der Waals surface area contributed by atoms with E-state index in [2.05, 4.69) is 21.9 Å². The average molecular weight is 408 g/mol. The molecule has 1 saturated carbocycles. The van der Waals surface area contributed by atoms with Crippen LogP contribution in [0.5, 0.6) is 0 Å². The Kier molecular flexibility index (Phi) is 7.07. The van der Waals surface area contributed by atoms with E-state index in [1.54, 1.807) is 0 Å². The summed E-state index contributed by atoms with van der Waals surface area (Å²) in [6.07, 6.45) is 10.8. The Balaban J connectivity index is 1.14. The van der Waals surface area contributed by atoms with Gasteiger partial charge in [-0.05, 0) is 82.0 Å². The summed E-state index contributed by atoms with van der Waals surface area (Å²) >= 11 is 0. The summed E-state index contributed by atoms with van der Waals surface area (Å²) in [4.78, 5) is 17.1. The topological polar surface area (TPSA) is 56.6 Å². The van der Waals surface area contributed by atoms with Crippen LogP contribution in [0.2, 0.25) is 0 Å². The van der Waals surface area contributed by atoms with Gasteiger partial charge in [-0.3, -0.25) is 4.90 Å². The number of ether oxygens (including phenoxy) is 1. The summed E-state index contributed by atoms with van der Waals surface area (Å²) in [7, 11) is 0. The fourth-order valence-electron chi connectivity index (χ4n) is 4.99. The van der Waals surface area contributed by atoms with Crippen molar-refractivity contribution in [1.82, 2.24) is 4.90 Å². The lowest BCUT2D eigenvalue weighted by molar-refractivity contribution is -0.146. The third-order valence-corrected chi connectivity index (χ3v) is 6.94. The zero-order chi connectivity index (χ0) is 20.8. The van der Waals surface area contributed by atoms with Crippen molar-refractivity contribution in [3.8, 4) is 6.07 Å². The van der Waals surface area contributed by atoms with Crippen molar-refractivity contribution in [2.45, 2.75) is 57.5 Å². The highest BCUT2D eigenvalue weighted by Crippen LogP contribution is 2.30. The zero-order valence-corrected chi connectivity index (χ0v) is 17.9. The Morgan fingerprint density at radius 1 is 1.13 bits per heavy atom. The van der Waals surface area contributed by atoms with Gasteiger partial charge in [-0.1, -0.05) is 12.1 Å². The Hall–Kier alpha value is -2.32. The van der Waals surface area contributed by atoms with Gasteiger partial charge in [0.15, 0.2) is 0 Å². The molecule has 0 amide bonds. The maximum absolute atomic E-state index is 12.2. The Labute approximate surface area is 180 Å². The molecule has 1 aromatic rings. The molecule has 30 heavy (non-hydrogen) atoms. The van der Waals surface area contributed by atoms with Crippen LogP contribution in [0, 0.1) is 17.2 Å². The van der Waals surface area contributed by atoms with Gasteiger partial charge in [0.25, 0.3) is 0 Å². The summed E-state index contributed by atoms with van der Waals surface area (Å²) in [6, 6.07) is 10.2. The number of nitrogens with zero attached hydrogens (tertiary/aromatic N) is 3. The van der Waals surface area contributed by atoms with E-state index in [9.17, 15) is 4.79 Å². The second-order valence-electron chi connectivity index (χ2n) is 8.95. The minimum Gasteiger partial charge on any atom is -0.459 e. The lowest BCUT2D eigenvalue weighted by atomic mass is 9.85. The van der Waals surface area contributed by atoms with Crippen molar-refractivity contribution in [3.63, 3.8) is 0 Å². The van der Waals surface area contributed by atoms with Crippen molar-refractivity contribution in [2.75, 3.05) is 37.6 Å². The number of allylic oxidation sites excluding steroid dienone is 1. The molecule has 0 N–H and O–H groups in total. The van der Waals surface area contributed by atoms with Gasteiger partial charge in [0.2, 0.25) is 0 Å². The molecule has 160 valence electrons. The standard InChI is InChI=1S/C25H33N3O2/c26-19-21-4-3-7-23(18-21)28-16-14-27(15-17-28)13-12-20-8-10-24(11-9-20)30-25(29)22-5-1-2-6-22/h3-5,7,18,20,24H,1-2,6,8-17H2. The van der Waals surface area contributed by atoms with Crippen LogP contribution in [0.15, 0.2) is 35.9 Å². The molecule has 5 nitrogen and oxygen atoms in total. The van der Waals surface area contributed by atoms with Crippen LogP contribution >= 0.6 is 0 Å². The van der Waals surface area contributed by atoms with Crippen molar-refractivity contribution in [3.05, 3.63) is 41.5 Å². The number of hydrogen-bond acceptors (Lipinski definition) is 5. The van der Waals surface area contributed by atoms with E-state index in [0.717, 1.165) is 87.6 Å². The van der Waals surface area contributed by atoms with Crippen LogP contribution < -0.4 is 4.90 Å². The van der Waals surface area contributed by atoms with Crippen molar-refractivity contribution >= 4 is 11.7 Å². The summed E-state index contributed by atoms with van der Waals surface area (Å²) in [5.41, 5.74) is 2.79. The second kappa shape index (κ2) is 10.1. The van der Waals surface area contributed by atoms with Gasteiger partial charge in [-0.2, -0.15) is 5.26 Å². The van der Waals surface area contributed by atoms with Crippen LogP contribution in [0.3, 0.4) is 0 Å². The second-order valence-corrected chi connectivity index (χ2v) is 8.95. The fraction of sp³-hybridized carbons (Fsp3) is 0.600. The molecule has 0 aromatic heterocycles. The Morgan fingerprint density at radius 3 is 2.63 bits per heavy atom. The first-order valence-electron chi connectivity index (χ1n) is 11.6. The van der Waals surface area contributed by atoms with E-state index in [1.165, 1.54) is 19.3 Å². The Morgan fingerprint density at radius 2 is 1.93 bits per heavy atom. The average Bonchev–Trinajstić information content (AvgIpc) is 3.34. The number of nitriles is 1. The number of piperazine rings is 1. The van der Waals surface area contributed by atoms with Gasteiger partial charge in [-0.15, -0.1) is 0 Å². The number of benzene rings is 1. The lowest BCUT2D eigenvalue weighted by Crippen LogP contribution is -2.47. The molecule has 1 aromatic carbocycles. The first kappa shape index (κ1) is 20.9. The fourth-order valence-corrected chi connectivity index (χ4v) is 4.99. The zero-order valence-electron chi connectivity index (χ0n) is 17.9. The highest BCUT2D eigenvalue weighted by Gasteiger charge is 2.26. The molecule has 4 rings (SSSR count). The van der Waals surface area contributed by atoms with E-state index in [1.807, 2.05) is 24.3 Å². The molecule has 0 spiro atoms. The maximum Gasteiger partial charge on any atom is 0.333 e. The molecule has 2 aliphatic carbocycles. The van der Waals surface area contributed by atoms with Gasteiger partial charge in [0, 0.05) is 37.4 Å². The molecule has 5 heteroatoms. The minimum atomic E-state index is -0.0610. The summed E-state index contributed by atoms with van der Waals surface area (Å²) in [5.74, 6) is 0.699. The molecule has 0 unspecified atom stereocenters. The normalized spacial score (nSPS) is 24.9. The molecular weight excluding hydrogens is 374 g/mol. The lowest BCUT2D eigenvalue weighted by Gasteiger charge is -2.37. The van der Waals surface area contributed by atoms with Crippen molar-refractivity contribution < 1.29 is 9.53 Å². The molecule has 1 heterocycles. The molecule has 2 fully saturated rings. The molecule has 1 saturated heterocycles. The highest BCUT2D eigenvalue weighted by atomic mass is 16.5. The molecule has 1 aliphatic heterocycles. The van der Waals surface area contributed by atoms with Gasteiger partial charge in [0.1, 0.15) is 6.10 Å². The van der Waals surface area contributed by atoms with E-state index >= 15 is 0 Å². The molecule has 3 aliphatic rings. The molecular formula is C25H33N3O2. The van der Waals surface area contributed by atoms with Gasteiger partial charge in [-0.25, -0.2) is 4.79 Å². The monoisotopic (exact) mass is 407 g/mol. The van der Waals surface area contributed by atoms with E-state index in [0.29, 0.717) is 0 Å². The molecule has 0 radical (unpaired) electrons. The number of anilines is 1. The first-order chi connectivity index (χ1) is 14.7. The van der Waals surface area contributed by atoms with Crippen molar-refractivity contribution in [2.24, 2.45) is 5.92 Å². The number of hydrogen-bond donors (Lipinski definition) is 0. The number of rotatable bonds is 6. The van der Waals surface area contributed by atoms with Gasteiger partial charge in [0.05, 0.1) is 11.6 Å². The summed E-state index contributed by atoms with van der Waals surface area (Å²) in [5, 5.41) is 9.10. The largest absolute Gasteiger partial charge is 0.459 e. The van der Waals surface area contributed by atoms with Gasteiger partial charge < -0.3 is 9.64 Å². The quantitative estimate of drug-likeness (QED) is 0.659. The summed E-state index contributed by atoms with van der Waals surface area (Å²) in [6.45, 7) is 5.37. The molecule has 0 atom stereocenters. The number of esters is 1. The SMILES string of the molecule is N#Cc1cccc(N2CCN(CCC3CCC(OC(=O)C4=CCCC4)CC3)CC2)c1. The van der Waals surface area contributed by atoms with Crippen LogP contribution in [0.1, 0.15) is 56.9 Å². The third-order valence-electron chi connectivity index (χ3n) is 6.94. The number of carbonyl (C=O) groups is 1. The van der Waals surface area contributed by atoms with E-state index in [-0.39, 0.29) is 12.1 Å². The number of carbonyl (C=O) groups excluding carboxylic acids is 1. The van der Waals surface area contributed by atoms with Gasteiger partial charge >= 0.3 is 5.97 Å². The van der Waals surface area contributed by atoms with E-state index < -0.39 is 0 Å². The minimum absolute atomic E-state index is 0.0610. The predicted molar refractivity (Wildman–Crippen MR) is 118 cm³/mol. The predicted octanol–water partition coefficient (Wildman–Crippen LogP) is 4.28. The maximum atomic E-state index is 12.2. The highest BCUT2D eigenvalue weighted by molar-refractivity contribution is 5.89. The smallest absolute Gasteiger partial charge is 0.333 e. The van der Waals surface area contributed by atoms with E-state index in [4.69, 9.17) is 10.00 Å². The first-order valence-corrected chi connectivity index (χ1v) is 11.6. The molecule has 0 bridgehead atoms. The van der Waals surface area contributed by atoms with Crippen LogP contribution in [0.4, 0.5) is 5.69 Å². The van der Waals surface area contributed by atoms with Crippen molar-refractivity contribution in [1.29, 1.82) is 5.26 Å².